The van der Waals surface area contributed by atoms with E-state index in [-0.39, 0.29) is 29.4 Å². The maximum atomic E-state index is 14.4. The van der Waals surface area contributed by atoms with E-state index in [1.807, 2.05) is 24.3 Å². The van der Waals surface area contributed by atoms with Gasteiger partial charge in [0.2, 0.25) is 0 Å². The molecule has 32 heavy (non-hydrogen) atoms. The molecule has 166 valence electrons. The fraction of sp³-hybridized carbons (Fsp3) is 0.400. The smallest absolute Gasteiger partial charge is 0.303 e. The maximum absolute atomic E-state index is 14.4. The third-order valence-electron chi connectivity index (χ3n) is 7.12. The Balaban J connectivity index is 1.30. The number of aromatic nitrogens is 2. The van der Waals surface area contributed by atoms with Crippen LogP contribution in [0.2, 0.25) is 0 Å². The Morgan fingerprint density at radius 1 is 1.06 bits per heavy atom. The van der Waals surface area contributed by atoms with E-state index in [2.05, 4.69) is 21.0 Å². The van der Waals surface area contributed by atoms with Crippen molar-refractivity contribution in [2.45, 2.75) is 45.1 Å². The second-order valence-corrected chi connectivity index (χ2v) is 10.5. The summed E-state index contributed by atoms with van der Waals surface area (Å²) >= 11 is 3.43. The summed E-state index contributed by atoms with van der Waals surface area (Å²) in [5, 5.41) is 13.7. The molecule has 0 saturated heterocycles. The summed E-state index contributed by atoms with van der Waals surface area (Å²) in [5.41, 5.74) is 2.35. The number of carbonyl (C=O) groups excluding carboxylic acids is 1. The summed E-state index contributed by atoms with van der Waals surface area (Å²) in [7, 11) is 0. The first kappa shape index (κ1) is 21.3. The quantitative estimate of drug-likeness (QED) is 0.415. The lowest BCUT2D eigenvalue weighted by Gasteiger charge is -2.58. The van der Waals surface area contributed by atoms with Crippen LogP contribution in [0.25, 0.3) is 10.9 Å². The van der Waals surface area contributed by atoms with Crippen molar-refractivity contribution in [3.63, 3.8) is 0 Å². The van der Waals surface area contributed by atoms with Crippen LogP contribution in [-0.2, 0) is 11.3 Å². The van der Waals surface area contributed by atoms with Crippen molar-refractivity contribution in [1.82, 2.24) is 9.78 Å². The van der Waals surface area contributed by atoms with E-state index in [0.717, 1.165) is 35.7 Å². The van der Waals surface area contributed by atoms with Crippen LogP contribution in [0.4, 0.5) is 4.39 Å². The van der Waals surface area contributed by atoms with Gasteiger partial charge in [-0.15, -0.1) is 0 Å². The summed E-state index contributed by atoms with van der Waals surface area (Å²) in [6, 6.07) is 10.8. The molecule has 0 bridgehead atoms. The highest BCUT2D eigenvalue weighted by molar-refractivity contribution is 9.10. The average Bonchev–Trinajstić information content (AvgIpc) is 3.11. The molecule has 2 aromatic carbocycles. The number of hydrogen-bond donors (Lipinski definition) is 1. The van der Waals surface area contributed by atoms with Crippen LogP contribution in [0.15, 0.2) is 47.1 Å². The lowest BCUT2D eigenvalue weighted by atomic mass is 9.47. The lowest BCUT2D eigenvalue weighted by molar-refractivity contribution is -0.142. The molecule has 5 nitrogen and oxygen atoms in total. The van der Waals surface area contributed by atoms with Crippen LogP contribution in [0.5, 0.6) is 0 Å². The second-order valence-electron chi connectivity index (χ2n) is 9.56. The fourth-order valence-electron chi connectivity index (χ4n) is 5.85. The zero-order valence-corrected chi connectivity index (χ0v) is 19.1. The molecule has 1 N–H and O–H groups in total. The Hall–Kier alpha value is -2.54. The minimum absolute atomic E-state index is 0.0221. The predicted molar refractivity (Wildman–Crippen MR) is 122 cm³/mol. The number of hydrogen-bond acceptors (Lipinski definition) is 3. The Morgan fingerprint density at radius 3 is 2.38 bits per heavy atom. The Morgan fingerprint density at radius 2 is 1.72 bits per heavy atom. The standard InChI is InChI=1S/C25H24BrFN2O3/c26-18-3-1-15(2-4-18)14-29-24-19(5-6-21(27)20(24)13-28-29)22(30)7-16-9-25(10-16)11-17(12-25)8-23(31)32/h1-6,13,16-17H,7-12,14H2,(H,31,32). The molecule has 2 saturated carbocycles. The summed E-state index contributed by atoms with van der Waals surface area (Å²) in [4.78, 5) is 24.1. The molecule has 5 rings (SSSR count). The molecule has 3 aromatic rings. The van der Waals surface area contributed by atoms with E-state index in [0.29, 0.717) is 35.3 Å². The zero-order valence-electron chi connectivity index (χ0n) is 17.6. The van der Waals surface area contributed by atoms with Crippen LogP contribution >= 0.6 is 15.9 Å². The molecular weight excluding hydrogens is 475 g/mol. The van der Waals surface area contributed by atoms with Gasteiger partial charge in [0.25, 0.3) is 0 Å². The zero-order chi connectivity index (χ0) is 22.5. The molecule has 0 amide bonds. The van der Waals surface area contributed by atoms with Gasteiger partial charge in [0.15, 0.2) is 5.78 Å². The molecule has 1 heterocycles. The van der Waals surface area contributed by atoms with Crippen LogP contribution in [0, 0.1) is 23.1 Å². The third kappa shape index (κ3) is 3.98. The number of Topliss-reactive ketones (excluding diaryl/α,β-unsaturated/α-hetero) is 1. The lowest BCUT2D eigenvalue weighted by Crippen LogP contribution is -2.48. The van der Waals surface area contributed by atoms with E-state index >= 15 is 0 Å². The van der Waals surface area contributed by atoms with Gasteiger partial charge < -0.3 is 5.11 Å². The third-order valence-corrected chi connectivity index (χ3v) is 7.65. The van der Waals surface area contributed by atoms with Crippen LogP contribution in [0.3, 0.4) is 0 Å². The van der Waals surface area contributed by atoms with Crippen molar-refractivity contribution in [2.24, 2.45) is 17.3 Å². The van der Waals surface area contributed by atoms with Gasteiger partial charge in [0, 0.05) is 22.9 Å². The number of rotatable bonds is 7. The van der Waals surface area contributed by atoms with Gasteiger partial charge in [0.05, 0.1) is 23.6 Å². The number of carbonyl (C=O) groups is 2. The minimum atomic E-state index is -0.726. The van der Waals surface area contributed by atoms with Gasteiger partial charge in [0.1, 0.15) is 5.82 Å². The SMILES string of the molecule is O=C(O)CC1CC2(C1)CC(CC(=O)c1ccc(F)c3cnn(Cc4ccc(Br)cc4)c13)C2. The van der Waals surface area contributed by atoms with Crippen molar-refractivity contribution in [1.29, 1.82) is 0 Å². The highest BCUT2D eigenvalue weighted by Gasteiger charge is 2.53. The molecule has 2 aliphatic carbocycles. The van der Waals surface area contributed by atoms with Gasteiger partial charge in [-0.1, -0.05) is 28.1 Å². The van der Waals surface area contributed by atoms with Crippen molar-refractivity contribution in [3.8, 4) is 0 Å². The molecule has 7 heteroatoms. The number of ketones is 1. The molecule has 0 atom stereocenters. The first-order valence-corrected chi connectivity index (χ1v) is 11.7. The summed E-state index contributed by atoms with van der Waals surface area (Å²) < 4.78 is 17.1. The highest BCUT2D eigenvalue weighted by Crippen LogP contribution is 2.62. The van der Waals surface area contributed by atoms with E-state index < -0.39 is 5.97 Å². The van der Waals surface area contributed by atoms with Gasteiger partial charge in [-0.3, -0.25) is 14.3 Å². The number of benzene rings is 2. The summed E-state index contributed by atoms with van der Waals surface area (Å²) in [6.45, 7) is 0.456. The van der Waals surface area contributed by atoms with Crippen molar-refractivity contribution < 1.29 is 19.1 Å². The molecule has 0 unspecified atom stereocenters. The van der Waals surface area contributed by atoms with Crippen molar-refractivity contribution in [2.75, 3.05) is 0 Å². The molecule has 1 spiro atoms. The molecule has 2 fully saturated rings. The molecular formula is C25H24BrFN2O3. The Kier molecular flexibility index (Phi) is 5.40. The Bertz CT molecular complexity index is 1190. The molecule has 1 aromatic heterocycles. The van der Waals surface area contributed by atoms with E-state index in [1.54, 1.807) is 10.7 Å². The number of carboxylic acids is 1. The van der Waals surface area contributed by atoms with E-state index in [1.165, 1.54) is 12.3 Å². The van der Waals surface area contributed by atoms with Crippen LogP contribution < -0.4 is 0 Å². The predicted octanol–water partition coefficient (Wildman–Crippen LogP) is 5.84. The fourth-order valence-corrected chi connectivity index (χ4v) is 6.11. The largest absolute Gasteiger partial charge is 0.481 e. The number of fused-ring (bicyclic) bond motifs is 1. The van der Waals surface area contributed by atoms with Crippen LogP contribution in [0.1, 0.15) is 54.4 Å². The molecule has 2 aliphatic rings. The van der Waals surface area contributed by atoms with Gasteiger partial charge in [-0.05, 0) is 72.8 Å². The number of nitrogens with zero attached hydrogens (tertiary/aromatic N) is 2. The molecule has 0 aliphatic heterocycles. The van der Waals surface area contributed by atoms with Gasteiger partial charge in [-0.2, -0.15) is 5.10 Å². The monoisotopic (exact) mass is 498 g/mol. The number of carboxylic acid groups (broad SMARTS) is 1. The van der Waals surface area contributed by atoms with E-state index in [4.69, 9.17) is 5.11 Å². The number of aliphatic carboxylic acids is 1. The summed E-state index contributed by atoms with van der Waals surface area (Å²) in [6.07, 6.45) is 6.08. The second kappa shape index (κ2) is 8.10. The molecule has 0 radical (unpaired) electrons. The highest BCUT2D eigenvalue weighted by atomic mass is 79.9. The first-order valence-electron chi connectivity index (χ1n) is 11.0. The first-order chi connectivity index (χ1) is 15.3. The maximum Gasteiger partial charge on any atom is 0.303 e. The van der Waals surface area contributed by atoms with Gasteiger partial charge >= 0.3 is 5.97 Å². The van der Waals surface area contributed by atoms with Crippen molar-refractivity contribution >= 4 is 38.6 Å². The van der Waals surface area contributed by atoms with Gasteiger partial charge in [-0.25, -0.2) is 4.39 Å². The van der Waals surface area contributed by atoms with Crippen molar-refractivity contribution in [3.05, 3.63) is 64.0 Å². The topological polar surface area (TPSA) is 72.2 Å². The summed E-state index contributed by atoms with van der Waals surface area (Å²) in [5.74, 6) is -0.477. The Labute approximate surface area is 193 Å². The van der Waals surface area contributed by atoms with Crippen LogP contribution in [-0.4, -0.2) is 26.6 Å². The minimum Gasteiger partial charge on any atom is -0.481 e. The normalized spacial score (nSPS) is 24.3. The average molecular weight is 499 g/mol. The van der Waals surface area contributed by atoms with E-state index in [9.17, 15) is 14.0 Å². The number of halogens is 2.